The van der Waals surface area contributed by atoms with Gasteiger partial charge in [-0.15, -0.1) is 0 Å². The van der Waals surface area contributed by atoms with Crippen molar-refractivity contribution in [3.8, 4) is 11.5 Å². The predicted octanol–water partition coefficient (Wildman–Crippen LogP) is 2.51. The van der Waals surface area contributed by atoms with Gasteiger partial charge in [-0.1, -0.05) is 6.92 Å². The number of ether oxygens (including phenoxy) is 2. The van der Waals surface area contributed by atoms with E-state index in [1.807, 2.05) is 12.1 Å². The molecule has 0 unspecified atom stereocenters. The van der Waals surface area contributed by atoms with Crippen LogP contribution in [0.1, 0.15) is 24.0 Å². The molecular weight excluding hydrogens is 192 g/mol. The van der Waals surface area contributed by atoms with Gasteiger partial charge < -0.3 is 14.6 Å². The van der Waals surface area contributed by atoms with Crippen molar-refractivity contribution in [2.75, 3.05) is 14.2 Å². The Morgan fingerprint density at radius 1 is 1.20 bits per heavy atom. The first-order valence-electron chi connectivity index (χ1n) is 4.84. The summed E-state index contributed by atoms with van der Waals surface area (Å²) in [6.45, 7) is 2.08. The summed E-state index contributed by atoms with van der Waals surface area (Å²) < 4.78 is 10.3. The van der Waals surface area contributed by atoms with E-state index in [1.54, 1.807) is 20.3 Å². The summed E-state index contributed by atoms with van der Waals surface area (Å²) in [5.41, 5.74) is 2.07. The van der Waals surface area contributed by atoms with E-state index in [1.165, 1.54) is 0 Å². The zero-order valence-electron chi connectivity index (χ0n) is 9.07. The molecule has 0 aromatic heterocycles. The van der Waals surface area contributed by atoms with Gasteiger partial charge in [0.1, 0.15) is 5.76 Å². The van der Waals surface area contributed by atoms with E-state index >= 15 is 0 Å². The van der Waals surface area contributed by atoms with Gasteiger partial charge in [-0.05, 0) is 23.8 Å². The lowest BCUT2D eigenvalue weighted by atomic mass is 10.0. The SMILES string of the molecule is COC1=C[C@H](C)c2cc(OC)c(O)cc21. The van der Waals surface area contributed by atoms with Gasteiger partial charge in [0.15, 0.2) is 11.5 Å². The molecule has 3 heteroatoms. The molecule has 0 amide bonds. The minimum Gasteiger partial charge on any atom is -0.504 e. The Morgan fingerprint density at radius 3 is 2.53 bits per heavy atom. The summed E-state index contributed by atoms with van der Waals surface area (Å²) in [5.74, 6) is 1.76. The lowest BCUT2D eigenvalue weighted by molar-refractivity contribution is 0.366. The van der Waals surface area contributed by atoms with Crippen molar-refractivity contribution in [1.82, 2.24) is 0 Å². The molecule has 80 valence electrons. The average Bonchev–Trinajstić information content (AvgIpc) is 2.54. The zero-order valence-corrected chi connectivity index (χ0v) is 9.07. The summed E-state index contributed by atoms with van der Waals surface area (Å²) in [4.78, 5) is 0. The molecule has 3 nitrogen and oxygen atoms in total. The zero-order chi connectivity index (χ0) is 11.0. The Morgan fingerprint density at radius 2 is 1.93 bits per heavy atom. The second kappa shape index (κ2) is 3.50. The van der Waals surface area contributed by atoms with Crippen molar-refractivity contribution in [3.05, 3.63) is 29.3 Å². The van der Waals surface area contributed by atoms with Gasteiger partial charge in [0.2, 0.25) is 0 Å². The largest absolute Gasteiger partial charge is 0.504 e. The lowest BCUT2D eigenvalue weighted by Crippen LogP contribution is -1.92. The molecule has 2 rings (SSSR count). The Bertz CT molecular complexity index is 421. The fourth-order valence-electron chi connectivity index (χ4n) is 1.92. The molecule has 1 atom stereocenters. The van der Waals surface area contributed by atoms with Crippen molar-refractivity contribution in [2.45, 2.75) is 12.8 Å². The summed E-state index contributed by atoms with van der Waals surface area (Å²) in [6.07, 6.45) is 2.03. The molecule has 0 spiro atoms. The molecular formula is C12H14O3. The van der Waals surface area contributed by atoms with Crippen LogP contribution in [0.25, 0.3) is 5.76 Å². The van der Waals surface area contributed by atoms with E-state index in [9.17, 15) is 5.11 Å². The van der Waals surface area contributed by atoms with Crippen LogP contribution in [0.15, 0.2) is 18.2 Å². The normalized spacial score (nSPS) is 18.3. The number of phenols is 1. The minimum atomic E-state index is 0.147. The fourth-order valence-corrected chi connectivity index (χ4v) is 1.92. The third-order valence-electron chi connectivity index (χ3n) is 2.73. The summed E-state index contributed by atoms with van der Waals surface area (Å²) in [6, 6.07) is 3.55. The Balaban J connectivity index is 2.55. The van der Waals surface area contributed by atoms with Crippen LogP contribution in [0.5, 0.6) is 11.5 Å². The topological polar surface area (TPSA) is 38.7 Å². The highest BCUT2D eigenvalue weighted by atomic mass is 16.5. The highest BCUT2D eigenvalue weighted by Crippen LogP contribution is 2.41. The van der Waals surface area contributed by atoms with Gasteiger partial charge in [0.25, 0.3) is 0 Å². The van der Waals surface area contributed by atoms with Crippen molar-refractivity contribution < 1.29 is 14.6 Å². The van der Waals surface area contributed by atoms with Crippen LogP contribution in [0.3, 0.4) is 0 Å². The van der Waals surface area contributed by atoms with E-state index in [0.717, 1.165) is 16.9 Å². The van der Waals surface area contributed by atoms with Gasteiger partial charge in [-0.3, -0.25) is 0 Å². The van der Waals surface area contributed by atoms with Gasteiger partial charge in [-0.2, -0.15) is 0 Å². The van der Waals surface area contributed by atoms with Crippen LogP contribution >= 0.6 is 0 Å². The molecule has 15 heavy (non-hydrogen) atoms. The maximum atomic E-state index is 9.67. The molecule has 1 aliphatic rings. The number of aromatic hydroxyl groups is 1. The summed E-state index contributed by atoms with van der Waals surface area (Å²) >= 11 is 0. The third kappa shape index (κ3) is 1.44. The molecule has 0 bridgehead atoms. The van der Waals surface area contributed by atoms with Crippen molar-refractivity contribution in [3.63, 3.8) is 0 Å². The maximum absolute atomic E-state index is 9.67. The molecule has 0 saturated heterocycles. The Hall–Kier alpha value is -1.64. The van der Waals surface area contributed by atoms with E-state index in [2.05, 4.69) is 6.92 Å². The van der Waals surface area contributed by atoms with Gasteiger partial charge in [0, 0.05) is 11.5 Å². The summed E-state index contributed by atoms with van der Waals surface area (Å²) in [7, 11) is 3.18. The molecule has 1 aliphatic carbocycles. The van der Waals surface area contributed by atoms with E-state index < -0.39 is 0 Å². The predicted molar refractivity (Wildman–Crippen MR) is 58.1 cm³/mol. The monoisotopic (exact) mass is 206 g/mol. The van der Waals surface area contributed by atoms with E-state index in [4.69, 9.17) is 9.47 Å². The number of methoxy groups -OCH3 is 2. The average molecular weight is 206 g/mol. The number of hydrogen-bond acceptors (Lipinski definition) is 3. The Kier molecular flexibility index (Phi) is 2.31. The highest BCUT2D eigenvalue weighted by molar-refractivity contribution is 5.73. The molecule has 0 radical (unpaired) electrons. The molecule has 1 aromatic rings. The van der Waals surface area contributed by atoms with Crippen molar-refractivity contribution in [1.29, 1.82) is 0 Å². The molecule has 0 saturated carbocycles. The van der Waals surface area contributed by atoms with Gasteiger partial charge >= 0.3 is 0 Å². The van der Waals surface area contributed by atoms with Crippen LogP contribution < -0.4 is 4.74 Å². The first-order valence-corrected chi connectivity index (χ1v) is 4.84. The van der Waals surface area contributed by atoms with Gasteiger partial charge in [-0.25, -0.2) is 0 Å². The van der Waals surface area contributed by atoms with Crippen LogP contribution in [-0.2, 0) is 4.74 Å². The van der Waals surface area contributed by atoms with Crippen LogP contribution in [0, 0.1) is 0 Å². The second-order valence-electron chi connectivity index (χ2n) is 3.64. The van der Waals surface area contributed by atoms with E-state index in [-0.39, 0.29) is 5.75 Å². The quantitative estimate of drug-likeness (QED) is 0.808. The van der Waals surface area contributed by atoms with Gasteiger partial charge in [0.05, 0.1) is 14.2 Å². The minimum absolute atomic E-state index is 0.147. The first-order chi connectivity index (χ1) is 7.17. The smallest absolute Gasteiger partial charge is 0.160 e. The fraction of sp³-hybridized carbons (Fsp3) is 0.333. The van der Waals surface area contributed by atoms with E-state index in [0.29, 0.717) is 11.7 Å². The first kappa shape index (κ1) is 9.90. The number of allylic oxidation sites excluding steroid dienone is 1. The standard InChI is InChI=1S/C12H14O3/c1-7-4-11(14-2)9-5-10(13)12(15-3)6-8(7)9/h4-7,13H,1-3H3/t7-/m0/s1. The molecule has 1 N–H and O–H groups in total. The number of hydrogen-bond donors (Lipinski definition) is 1. The molecule has 0 aliphatic heterocycles. The maximum Gasteiger partial charge on any atom is 0.160 e. The molecule has 1 aromatic carbocycles. The molecule has 0 fully saturated rings. The second-order valence-corrected chi connectivity index (χ2v) is 3.64. The lowest BCUT2D eigenvalue weighted by Gasteiger charge is -2.10. The van der Waals surface area contributed by atoms with Crippen molar-refractivity contribution >= 4 is 5.76 Å². The number of benzene rings is 1. The highest BCUT2D eigenvalue weighted by Gasteiger charge is 2.23. The Labute approximate surface area is 88.9 Å². The number of phenolic OH excluding ortho intramolecular Hbond substituents is 1. The molecule has 0 heterocycles. The van der Waals surface area contributed by atoms with Crippen LogP contribution in [0.2, 0.25) is 0 Å². The third-order valence-corrected chi connectivity index (χ3v) is 2.73. The number of rotatable bonds is 2. The number of fused-ring (bicyclic) bond motifs is 1. The van der Waals surface area contributed by atoms with Crippen LogP contribution in [-0.4, -0.2) is 19.3 Å². The van der Waals surface area contributed by atoms with Crippen LogP contribution in [0.4, 0.5) is 0 Å². The summed E-state index contributed by atoms with van der Waals surface area (Å²) in [5, 5.41) is 9.67. The van der Waals surface area contributed by atoms with Crippen molar-refractivity contribution in [2.24, 2.45) is 0 Å².